The number of hydrogen-bond donors (Lipinski definition) is 0. The molecule has 0 amide bonds. The van der Waals surface area contributed by atoms with Gasteiger partial charge in [-0.05, 0) is 85.8 Å². The van der Waals surface area contributed by atoms with E-state index in [-0.39, 0.29) is 16.5 Å². The third kappa shape index (κ3) is 6.12. The summed E-state index contributed by atoms with van der Waals surface area (Å²) < 4.78 is 46.4. The topological polar surface area (TPSA) is 82.1 Å². The summed E-state index contributed by atoms with van der Waals surface area (Å²) in [5.74, 6) is 0.384. The van der Waals surface area contributed by atoms with Crippen molar-refractivity contribution in [2.24, 2.45) is 11.8 Å². The van der Waals surface area contributed by atoms with Gasteiger partial charge in [-0.15, -0.1) is 0 Å². The molecule has 8 heteroatoms. The maximum Gasteiger partial charge on any atom is 0.341 e. The van der Waals surface area contributed by atoms with Gasteiger partial charge in [-0.1, -0.05) is 32.9 Å². The van der Waals surface area contributed by atoms with Gasteiger partial charge in [-0.3, -0.25) is 4.31 Å². The van der Waals surface area contributed by atoms with Gasteiger partial charge in [0.2, 0.25) is 0 Å². The number of aryl methyl sites for hydroxylation is 2. The summed E-state index contributed by atoms with van der Waals surface area (Å²) in [6.07, 6.45) is 5.04. The van der Waals surface area contributed by atoms with Crippen LogP contribution in [0.15, 0.2) is 41.3 Å². The Morgan fingerprint density at radius 2 is 1.86 bits per heavy atom. The Morgan fingerprint density at radius 3 is 2.54 bits per heavy atom. The molecule has 2 aromatic rings. The van der Waals surface area contributed by atoms with Gasteiger partial charge in [0.05, 0.1) is 24.3 Å². The van der Waals surface area contributed by atoms with Crippen LogP contribution in [0.2, 0.25) is 0 Å². The van der Waals surface area contributed by atoms with E-state index in [9.17, 15) is 13.2 Å². The van der Waals surface area contributed by atoms with Crippen LogP contribution in [0.1, 0.15) is 67.9 Å². The summed E-state index contributed by atoms with van der Waals surface area (Å²) in [6, 6.07) is 10.4. The van der Waals surface area contributed by atoms with Crippen LogP contribution in [0.5, 0.6) is 5.75 Å². The lowest BCUT2D eigenvalue weighted by molar-refractivity contribution is 0.0483. The Kier molecular flexibility index (Phi) is 8.80. The van der Waals surface area contributed by atoms with E-state index in [1.54, 1.807) is 16.4 Å². The molecule has 2 aliphatic heterocycles. The first-order valence-corrected chi connectivity index (χ1v) is 14.8. The lowest BCUT2D eigenvalue weighted by Gasteiger charge is -2.39. The fourth-order valence-corrected chi connectivity index (χ4v) is 7.05. The van der Waals surface area contributed by atoms with Crippen molar-refractivity contribution in [3.63, 3.8) is 0 Å². The molecule has 0 radical (unpaired) electrons. The van der Waals surface area contributed by atoms with Crippen molar-refractivity contribution in [2.75, 3.05) is 31.2 Å². The molecule has 2 aliphatic rings. The predicted octanol–water partition coefficient (Wildman–Crippen LogP) is 5.40. The van der Waals surface area contributed by atoms with Gasteiger partial charge in [0, 0.05) is 19.3 Å². The number of carbonyl (C=O) groups is 1. The lowest BCUT2D eigenvalue weighted by atomic mass is 9.91. The largest absolute Gasteiger partial charge is 0.492 e. The van der Waals surface area contributed by atoms with E-state index >= 15 is 0 Å². The smallest absolute Gasteiger partial charge is 0.341 e. The zero-order chi connectivity index (χ0) is 26.6. The average Bonchev–Trinajstić information content (AvgIpc) is 2.91. The number of fused-ring (bicyclic) bond motifs is 1. The van der Waals surface area contributed by atoms with Gasteiger partial charge in [0.15, 0.2) is 0 Å². The van der Waals surface area contributed by atoms with Crippen molar-refractivity contribution in [3.05, 3.63) is 53.1 Å². The molecule has 37 heavy (non-hydrogen) atoms. The van der Waals surface area contributed by atoms with Crippen LogP contribution in [0.3, 0.4) is 0 Å². The van der Waals surface area contributed by atoms with Crippen LogP contribution in [0, 0.1) is 11.8 Å². The van der Waals surface area contributed by atoms with Gasteiger partial charge in [0.1, 0.15) is 11.3 Å². The lowest BCUT2D eigenvalue weighted by Crippen LogP contribution is -2.44. The molecular formula is C29H39NO6S. The van der Waals surface area contributed by atoms with Crippen LogP contribution in [-0.4, -0.2) is 47.4 Å². The number of benzene rings is 2. The first kappa shape index (κ1) is 27.5. The molecule has 2 aromatic carbocycles. The molecule has 1 unspecified atom stereocenters. The molecule has 7 nitrogen and oxygen atoms in total. The Labute approximate surface area is 221 Å². The summed E-state index contributed by atoms with van der Waals surface area (Å²) in [7, 11) is -2.66. The van der Waals surface area contributed by atoms with E-state index in [0.29, 0.717) is 37.4 Å². The highest BCUT2D eigenvalue weighted by atomic mass is 32.2. The number of carbonyl (C=O) groups excluding carboxylic acids is 1. The van der Waals surface area contributed by atoms with Crippen LogP contribution >= 0.6 is 0 Å². The van der Waals surface area contributed by atoms with Crippen molar-refractivity contribution in [1.82, 2.24) is 0 Å². The van der Waals surface area contributed by atoms with Gasteiger partial charge >= 0.3 is 5.97 Å². The highest BCUT2D eigenvalue weighted by Crippen LogP contribution is 2.39. The predicted molar refractivity (Wildman–Crippen MR) is 144 cm³/mol. The third-order valence-electron chi connectivity index (χ3n) is 7.34. The van der Waals surface area contributed by atoms with E-state index in [1.165, 1.54) is 18.7 Å². The van der Waals surface area contributed by atoms with Crippen molar-refractivity contribution in [1.29, 1.82) is 0 Å². The number of anilines is 1. The molecular weight excluding hydrogens is 490 g/mol. The minimum atomic E-state index is -3.95. The van der Waals surface area contributed by atoms with Crippen LogP contribution in [0.25, 0.3) is 0 Å². The van der Waals surface area contributed by atoms with Gasteiger partial charge in [-0.2, -0.15) is 0 Å². The molecule has 2 heterocycles. The minimum Gasteiger partial charge on any atom is -0.492 e. The highest BCUT2D eigenvalue weighted by Gasteiger charge is 2.37. The number of sulfonamides is 1. The molecule has 1 fully saturated rings. The van der Waals surface area contributed by atoms with Gasteiger partial charge < -0.3 is 14.2 Å². The summed E-state index contributed by atoms with van der Waals surface area (Å²) in [6.45, 7) is 8.16. The molecule has 0 aliphatic carbocycles. The zero-order valence-electron chi connectivity index (χ0n) is 22.4. The molecule has 0 N–H and O–H groups in total. The second-order valence-electron chi connectivity index (χ2n) is 10.5. The Bertz CT molecular complexity index is 1200. The van der Waals surface area contributed by atoms with Crippen LogP contribution in [-0.2, 0) is 32.3 Å². The van der Waals surface area contributed by atoms with E-state index in [0.717, 1.165) is 49.8 Å². The first-order valence-electron chi connectivity index (χ1n) is 13.3. The van der Waals surface area contributed by atoms with Crippen LogP contribution < -0.4 is 9.04 Å². The van der Waals surface area contributed by atoms with Crippen molar-refractivity contribution in [3.8, 4) is 5.75 Å². The van der Waals surface area contributed by atoms with Crippen molar-refractivity contribution in [2.45, 2.75) is 70.2 Å². The van der Waals surface area contributed by atoms with Crippen molar-refractivity contribution >= 4 is 21.7 Å². The number of rotatable bonds is 9. The number of ether oxygens (including phenoxy) is 3. The average molecular weight is 530 g/mol. The van der Waals surface area contributed by atoms with E-state index < -0.39 is 16.0 Å². The maximum atomic E-state index is 14.2. The summed E-state index contributed by atoms with van der Waals surface area (Å²) in [4.78, 5) is 12.8. The molecule has 1 saturated heterocycles. The molecule has 1 atom stereocenters. The monoisotopic (exact) mass is 529 g/mol. The highest BCUT2D eigenvalue weighted by molar-refractivity contribution is 7.92. The fraction of sp³-hybridized carbons (Fsp3) is 0.552. The van der Waals surface area contributed by atoms with Gasteiger partial charge in [0.25, 0.3) is 10.0 Å². The summed E-state index contributed by atoms with van der Waals surface area (Å²) in [5.41, 5.74) is 3.09. The molecule has 0 saturated carbocycles. The second kappa shape index (κ2) is 11.9. The summed E-state index contributed by atoms with van der Waals surface area (Å²) >= 11 is 0. The normalized spacial score (nSPS) is 18.5. The Morgan fingerprint density at radius 1 is 1.11 bits per heavy atom. The molecule has 0 bridgehead atoms. The summed E-state index contributed by atoms with van der Waals surface area (Å²) in [5, 5.41) is 0. The quantitative estimate of drug-likeness (QED) is 0.405. The minimum absolute atomic E-state index is 0.0625. The number of hydrogen-bond acceptors (Lipinski definition) is 6. The van der Waals surface area contributed by atoms with E-state index in [2.05, 4.69) is 26.8 Å². The van der Waals surface area contributed by atoms with Crippen molar-refractivity contribution < 1.29 is 27.4 Å². The van der Waals surface area contributed by atoms with Crippen LogP contribution in [0.4, 0.5) is 5.69 Å². The number of methoxy groups -OCH3 is 1. The Hall–Kier alpha value is -2.58. The SMILES string of the molecule is CCc1ccc2c(c1)CCC(CC(C)C)N2S(=O)(=O)c1ccc(OCC2CCOCC2)c(C(=O)OC)c1. The zero-order valence-corrected chi connectivity index (χ0v) is 23.2. The van der Waals surface area contributed by atoms with E-state index in [4.69, 9.17) is 14.2 Å². The Balaban J connectivity index is 1.71. The standard InChI is InChI=1S/C29H39NO6S/c1-5-21-6-10-27-23(17-21)7-8-24(16-20(2)3)30(27)37(32,33)25-9-11-28(26(18-25)29(31)34-4)36-19-22-12-14-35-15-13-22/h6,9-11,17-18,20,22,24H,5,7-8,12-16,19H2,1-4H3. The number of nitrogens with zero attached hydrogens (tertiary/aromatic N) is 1. The molecule has 0 aromatic heterocycles. The maximum absolute atomic E-state index is 14.2. The molecule has 202 valence electrons. The number of esters is 1. The van der Waals surface area contributed by atoms with Gasteiger partial charge in [-0.25, -0.2) is 13.2 Å². The first-order chi connectivity index (χ1) is 17.7. The van der Waals surface area contributed by atoms with E-state index in [1.807, 2.05) is 12.1 Å². The second-order valence-corrected chi connectivity index (χ2v) is 12.3. The molecule has 0 spiro atoms. The molecule has 4 rings (SSSR count). The third-order valence-corrected chi connectivity index (χ3v) is 9.20. The fourth-order valence-electron chi connectivity index (χ4n) is 5.29.